The minimum Gasteiger partial charge on any atom is -0.341 e. The molecule has 0 bridgehead atoms. The summed E-state index contributed by atoms with van der Waals surface area (Å²) in [5, 5.41) is 0. The van der Waals surface area contributed by atoms with Gasteiger partial charge in [-0.25, -0.2) is 9.97 Å². The number of hydrogen-bond donors (Lipinski definition) is 0. The molecule has 1 aromatic heterocycles. The Labute approximate surface area is 123 Å². The van der Waals surface area contributed by atoms with E-state index in [2.05, 4.69) is 23.8 Å². The second-order valence-corrected chi connectivity index (χ2v) is 6.14. The molecule has 3 nitrogen and oxygen atoms in total. The molecule has 118 valence electrons. The number of aromatic nitrogens is 2. The van der Waals surface area contributed by atoms with Crippen LogP contribution in [0.25, 0.3) is 0 Å². The van der Waals surface area contributed by atoms with Crippen LogP contribution in [-0.2, 0) is 6.18 Å². The Morgan fingerprint density at radius 3 is 2.52 bits per heavy atom. The first-order valence-electron chi connectivity index (χ1n) is 7.51. The Bertz CT molecular complexity index is 452. The average Bonchev–Trinajstić information content (AvgIpc) is 2.45. The number of halogens is 3. The van der Waals surface area contributed by atoms with Gasteiger partial charge in [-0.2, -0.15) is 13.2 Å². The lowest BCUT2D eigenvalue weighted by Crippen LogP contribution is -2.35. The molecule has 21 heavy (non-hydrogen) atoms. The summed E-state index contributed by atoms with van der Waals surface area (Å²) in [6.07, 6.45) is 1.21. The lowest BCUT2D eigenvalue weighted by molar-refractivity contribution is -0.141. The number of piperidine rings is 1. The van der Waals surface area contributed by atoms with E-state index in [1.165, 1.54) is 19.0 Å². The highest BCUT2D eigenvalue weighted by molar-refractivity contribution is 5.31. The maximum atomic E-state index is 12.7. The maximum absolute atomic E-state index is 12.7. The molecule has 0 atom stereocenters. The molecule has 0 amide bonds. The molecule has 0 N–H and O–H groups in total. The largest absolute Gasteiger partial charge is 0.433 e. The van der Waals surface area contributed by atoms with Gasteiger partial charge in [-0.15, -0.1) is 0 Å². The van der Waals surface area contributed by atoms with Gasteiger partial charge in [-0.3, -0.25) is 0 Å². The quantitative estimate of drug-likeness (QED) is 0.836. The monoisotopic (exact) mass is 301 g/mol. The molecule has 1 aromatic rings. The molecule has 0 aliphatic carbocycles. The summed E-state index contributed by atoms with van der Waals surface area (Å²) >= 11 is 0. The standard InChI is InChI=1S/C15H22F3N3/c1-11(2)3-4-12-6-9-21(10-7-12)14-19-8-5-13(20-14)15(16,17)18/h5,8,11-12H,3-4,6-7,9-10H2,1-2H3. The van der Waals surface area contributed by atoms with E-state index in [4.69, 9.17) is 0 Å². The third-order valence-corrected chi connectivity index (χ3v) is 3.98. The van der Waals surface area contributed by atoms with Crippen LogP contribution in [0.5, 0.6) is 0 Å². The number of rotatable bonds is 4. The van der Waals surface area contributed by atoms with Gasteiger partial charge in [-0.05, 0) is 30.7 Å². The van der Waals surface area contributed by atoms with E-state index in [1.54, 1.807) is 0 Å². The third kappa shape index (κ3) is 4.58. The van der Waals surface area contributed by atoms with E-state index in [-0.39, 0.29) is 5.95 Å². The van der Waals surface area contributed by atoms with Gasteiger partial charge in [0.25, 0.3) is 0 Å². The number of anilines is 1. The van der Waals surface area contributed by atoms with Crippen molar-refractivity contribution in [2.75, 3.05) is 18.0 Å². The van der Waals surface area contributed by atoms with Crippen LogP contribution in [0.2, 0.25) is 0 Å². The van der Waals surface area contributed by atoms with Crippen LogP contribution in [0, 0.1) is 11.8 Å². The van der Waals surface area contributed by atoms with Gasteiger partial charge < -0.3 is 4.90 Å². The van der Waals surface area contributed by atoms with Gasteiger partial charge in [0.05, 0.1) is 0 Å². The Kier molecular flexibility index (Phi) is 5.06. The summed E-state index contributed by atoms with van der Waals surface area (Å²) in [6, 6.07) is 0.916. The smallest absolute Gasteiger partial charge is 0.341 e. The van der Waals surface area contributed by atoms with Crippen LogP contribution in [0.1, 0.15) is 45.2 Å². The zero-order chi connectivity index (χ0) is 15.5. The van der Waals surface area contributed by atoms with Crippen molar-refractivity contribution in [1.29, 1.82) is 0 Å². The lowest BCUT2D eigenvalue weighted by Gasteiger charge is -2.32. The van der Waals surface area contributed by atoms with Crippen LogP contribution < -0.4 is 4.90 Å². The van der Waals surface area contributed by atoms with E-state index in [0.717, 1.165) is 32.0 Å². The van der Waals surface area contributed by atoms with Crippen molar-refractivity contribution in [2.24, 2.45) is 11.8 Å². The van der Waals surface area contributed by atoms with E-state index in [0.29, 0.717) is 11.8 Å². The molecule has 1 saturated heterocycles. The van der Waals surface area contributed by atoms with E-state index >= 15 is 0 Å². The Morgan fingerprint density at radius 2 is 1.95 bits per heavy atom. The molecule has 6 heteroatoms. The third-order valence-electron chi connectivity index (χ3n) is 3.98. The van der Waals surface area contributed by atoms with Gasteiger partial charge in [-0.1, -0.05) is 26.7 Å². The van der Waals surface area contributed by atoms with Gasteiger partial charge in [0, 0.05) is 19.3 Å². The summed E-state index contributed by atoms with van der Waals surface area (Å²) in [4.78, 5) is 9.51. The molecule has 1 aliphatic rings. The normalized spacial score (nSPS) is 17.5. The van der Waals surface area contributed by atoms with Gasteiger partial charge in [0.15, 0.2) is 0 Å². The molecule has 0 aromatic carbocycles. The highest BCUT2D eigenvalue weighted by Gasteiger charge is 2.33. The minimum absolute atomic E-state index is 0.201. The Morgan fingerprint density at radius 1 is 1.29 bits per heavy atom. The summed E-state index contributed by atoms with van der Waals surface area (Å²) in [5.74, 6) is 1.58. The molecule has 2 rings (SSSR count). The van der Waals surface area contributed by atoms with Crippen LogP contribution in [0.15, 0.2) is 12.3 Å². The summed E-state index contributed by atoms with van der Waals surface area (Å²) in [6.45, 7) is 5.91. The van der Waals surface area contributed by atoms with Crippen molar-refractivity contribution in [3.63, 3.8) is 0 Å². The highest BCUT2D eigenvalue weighted by Crippen LogP contribution is 2.30. The Hall–Kier alpha value is -1.33. The number of hydrogen-bond acceptors (Lipinski definition) is 3. The molecule has 0 radical (unpaired) electrons. The first-order valence-corrected chi connectivity index (χ1v) is 7.51. The molecule has 1 fully saturated rings. The zero-order valence-electron chi connectivity index (χ0n) is 12.5. The van der Waals surface area contributed by atoms with E-state index < -0.39 is 11.9 Å². The fourth-order valence-electron chi connectivity index (χ4n) is 2.65. The van der Waals surface area contributed by atoms with Crippen molar-refractivity contribution in [2.45, 2.75) is 45.7 Å². The second-order valence-electron chi connectivity index (χ2n) is 6.14. The first kappa shape index (κ1) is 16.0. The summed E-state index contributed by atoms with van der Waals surface area (Å²) in [7, 11) is 0. The lowest BCUT2D eigenvalue weighted by atomic mass is 9.90. The fourth-order valence-corrected chi connectivity index (χ4v) is 2.65. The molecular weight excluding hydrogens is 279 g/mol. The summed E-state index contributed by atoms with van der Waals surface area (Å²) in [5.41, 5.74) is -0.866. The number of nitrogens with zero attached hydrogens (tertiary/aromatic N) is 3. The maximum Gasteiger partial charge on any atom is 0.433 e. The van der Waals surface area contributed by atoms with Gasteiger partial charge >= 0.3 is 6.18 Å². The van der Waals surface area contributed by atoms with E-state index in [1.807, 2.05) is 4.90 Å². The predicted octanol–water partition coefficient (Wildman–Crippen LogP) is 4.15. The van der Waals surface area contributed by atoms with Crippen molar-refractivity contribution < 1.29 is 13.2 Å². The van der Waals surface area contributed by atoms with Crippen LogP contribution in [0.4, 0.5) is 19.1 Å². The van der Waals surface area contributed by atoms with Crippen LogP contribution in [-0.4, -0.2) is 23.1 Å². The SMILES string of the molecule is CC(C)CCC1CCN(c2nccc(C(F)(F)F)n2)CC1. The number of alkyl halides is 3. The minimum atomic E-state index is -4.41. The van der Waals surface area contributed by atoms with Crippen LogP contribution in [0.3, 0.4) is 0 Å². The van der Waals surface area contributed by atoms with Crippen molar-refractivity contribution in [3.05, 3.63) is 18.0 Å². The second kappa shape index (κ2) is 6.62. The fraction of sp³-hybridized carbons (Fsp3) is 0.733. The van der Waals surface area contributed by atoms with Gasteiger partial charge in [0.1, 0.15) is 5.69 Å². The predicted molar refractivity (Wildman–Crippen MR) is 76.0 cm³/mol. The Balaban J connectivity index is 1.93. The highest BCUT2D eigenvalue weighted by atomic mass is 19.4. The topological polar surface area (TPSA) is 29.0 Å². The first-order chi connectivity index (χ1) is 9.86. The molecular formula is C15H22F3N3. The molecule has 0 unspecified atom stereocenters. The average molecular weight is 301 g/mol. The van der Waals surface area contributed by atoms with Crippen molar-refractivity contribution in [3.8, 4) is 0 Å². The van der Waals surface area contributed by atoms with Crippen molar-refractivity contribution >= 4 is 5.95 Å². The molecule has 1 aliphatic heterocycles. The molecule has 2 heterocycles. The summed E-state index contributed by atoms with van der Waals surface area (Å²) < 4.78 is 38.0. The van der Waals surface area contributed by atoms with Crippen LogP contribution >= 0.6 is 0 Å². The zero-order valence-corrected chi connectivity index (χ0v) is 12.5. The molecule has 0 spiro atoms. The van der Waals surface area contributed by atoms with Crippen molar-refractivity contribution in [1.82, 2.24) is 9.97 Å². The molecule has 0 saturated carbocycles. The van der Waals surface area contributed by atoms with Gasteiger partial charge in [0.2, 0.25) is 5.95 Å². The van der Waals surface area contributed by atoms with E-state index in [9.17, 15) is 13.2 Å².